The van der Waals surface area contributed by atoms with Gasteiger partial charge in [-0.1, -0.05) is 30.3 Å². The third kappa shape index (κ3) is 6.00. The predicted octanol–water partition coefficient (Wildman–Crippen LogP) is 3.56. The summed E-state index contributed by atoms with van der Waals surface area (Å²) >= 11 is 0. The number of pyridine rings is 1. The minimum absolute atomic E-state index is 0.0460. The van der Waals surface area contributed by atoms with E-state index in [4.69, 9.17) is 4.74 Å². The molecule has 1 aliphatic rings. The van der Waals surface area contributed by atoms with Crippen molar-refractivity contribution in [2.45, 2.75) is 32.4 Å². The first-order valence-electron chi connectivity index (χ1n) is 11.4. The molecule has 0 radical (unpaired) electrons. The fraction of sp³-hybridized carbons (Fsp3) is 0.385. The smallest absolute Gasteiger partial charge is 0.246 e. The summed E-state index contributed by atoms with van der Waals surface area (Å²) in [5, 5.41) is 3.14. The van der Waals surface area contributed by atoms with Crippen molar-refractivity contribution in [3.05, 3.63) is 77.9 Å². The standard InChI is InChI=1S/C26H31N5O2/c1-19-8-3-4-10-22(19)26-28-14-20(15-29-26)16-31-13-7-9-21(17-31)25(30-24(32)18-33-2)23-11-5-6-12-27-23/h3-6,8,10-12,14-15,21,25H,7,9,13,16-18H2,1-2H3,(H,30,32)/t21-,25-/m1/s1. The Labute approximate surface area is 195 Å². The highest BCUT2D eigenvalue weighted by Crippen LogP contribution is 2.30. The van der Waals surface area contributed by atoms with Gasteiger partial charge in [0, 0.05) is 49.9 Å². The number of carbonyl (C=O) groups excluding carboxylic acids is 1. The topological polar surface area (TPSA) is 80.2 Å². The van der Waals surface area contributed by atoms with Gasteiger partial charge in [0.25, 0.3) is 0 Å². The Morgan fingerprint density at radius 3 is 2.67 bits per heavy atom. The number of aryl methyl sites for hydroxylation is 1. The summed E-state index contributed by atoms with van der Waals surface area (Å²) in [5.74, 6) is 0.900. The van der Waals surface area contributed by atoms with Gasteiger partial charge in [0.1, 0.15) is 6.61 Å². The maximum absolute atomic E-state index is 12.3. The van der Waals surface area contributed by atoms with Gasteiger partial charge in [-0.3, -0.25) is 14.7 Å². The van der Waals surface area contributed by atoms with Gasteiger partial charge < -0.3 is 10.1 Å². The molecule has 0 bridgehead atoms. The summed E-state index contributed by atoms with van der Waals surface area (Å²) in [4.78, 5) is 28.5. The Morgan fingerprint density at radius 1 is 1.15 bits per heavy atom. The number of amides is 1. The summed E-state index contributed by atoms with van der Waals surface area (Å²) in [6.45, 7) is 4.78. The van der Waals surface area contributed by atoms with Gasteiger partial charge in [0.15, 0.2) is 5.82 Å². The highest BCUT2D eigenvalue weighted by molar-refractivity contribution is 5.77. The SMILES string of the molecule is COCC(=O)N[C@@H](c1ccccn1)[C@@H]1CCCN(Cc2cnc(-c3ccccc3C)nc2)C1. The number of nitrogens with one attached hydrogen (secondary N) is 1. The Balaban J connectivity index is 1.44. The molecule has 0 unspecified atom stereocenters. The second kappa shape index (κ2) is 11.1. The van der Waals surface area contributed by atoms with Crippen LogP contribution < -0.4 is 5.32 Å². The van der Waals surface area contributed by atoms with Crippen LogP contribution in [0.1, 0.15) is 35.7 Å². The van der Waals surface area contributed by atoms with E-state index in [-0.39, 0.29) is 24.5 Å². The van der Waals surface area contributed by atoms with Crippen LogP contribution in [0.25, 0.3) is 11.4 Å². The number of rotatable bonds is 8. The van der Waals surface area contributed by atoms with Gasteiger partial charge in [-0.15, -0.1) is 0 Å². The number of piperidine rings is 1. The molecule has 4 rings (SSSR count). The summed E-state index contributed by atoms with van der Waals surface area (Å²) < 4.78 is 5.02. The van der Waals surface area contributed by atoms with E-state index in [1.54, 1.807) is 6.20 Å². The molecule has 1 aromatic carbocycles. The van der Waals surface area contributed by atoms with Crippen LogP contribution in [0, 0.1) is 12.8 Å². The van der Waals surface area contributed by atoms with E-state index < -0.39 is 0 Å². The maximum Gasteiger partial charge on any atom is 0.246 e. The van der Waals surface area contributed by atoms with Gasteiger partial charge >= 0.3 is 0 Å². The molecule has 0 saturated carbocycles. The van der Waals surface area contributed by atoms with E-state index in [9.17, 15) is 4.79 Å². The first-order chi connectivity index (χ1) is 16.1. The Hall–Kier alpha value is -3.16. The summed E-state index contributed by atoms with van der Waals surface area (Å²) in [7, 11) is 1.53. The predicted molar refractivity (Wildman–Crippen MR) is 127 cm³/mol. The molecule has 2 atom stereocenters. The molecule has 0 aliphatic carbocycles. The number of nitrogens with zero attached hydrogens (tertiary/aromatic N) is 4. The number of hydrogen-bond acceptors (Lipinski definition) is 6. The molecular weight excluding hydrogens is 414 g/mol. The van der Waals surface area contributed by atoms with Crippen molar-refractivity contribution in [3.8, 4) is 11.4 Å². The monoisotopic (exact) mass is 445 g/mol. The quantitative estimate of drug-likeness (QED) is 0.571. The zero-order valence-corrected chi connectivity index (χ0v) is 19.3. The third-order valence-corrected chi connectivity index (χ3v) is 6.11. The van der Waals surface area contributed by atoms with Crippen molar-refractivity contribution in [1.29, 1.82) is 0 Å². The van der Waals surface area contributed by atoms with Crippen LogP contribution >= 0.6 is 0 Å². The first kappa shape index (κ1) is 23.0. The highest BCUT2D eigenvalue weighted by atomic mass is 16.5. The lowest BCUT2D eigenvalue weighted by molar-refractivity contribution is -0.126. The lowest BCUT2D eigenvalue weighted by atomic mass is 9.88. The van der Waals surface area contributed by atoms with Gasteiger partial charge in [0.05, 0.1) is 11.7 Å². The molecule has 172 valence electrons. The maximum atomic E-state index is 12.3. The van der Waals surface area contributed by atoms with Crippen molar-refractivity contribution >= 4 is 5.91 Å². The minimum Gasteiger partial charge on any atom is -0.375 e. The van der Waals surface area contributed by atoms with Crippen molar-refractivity contribution < 1.29 is 9.53 Å². The molecule has 1 N–H and O–H groups in total. The number of ether oxygens (including phenoxy) is 1. The summed E-state index contributed by atoms with van der Waals surface area (Å²) in [6, 6.07) is 13.9. The Morgan fingerprint density at radius 2 is 1.94 bits per heavy atom. The van der Waals surface area contributed by atoms with Crippen LogP contribution in [0.15, 0.2) is 61.1 Å². The van der Waals surface area contributed by atoms with Crippen molar-refractivity contribution in [3.63, 3.8) is 0 Å². The molecule has 7 heteroatoms. The van der Waals surface area contributed by atoms with E-state index in [0.717, 1.165) is 55.1 Å². The molecule has 1 saturated heterocycles. The molecule has 0 spiro atoms. The number of benzene rings is 1. The van der Waals surface area contributed by atoms with Crippen LogP contribution in [0.5, 0.6) is 0 Å². The number of aromatic nitrogens is 3. The van der Waals surface area contributed by atoms with E-state index in [2.05, 4.69) is 44.2 Å². The highest BCUT2D eigenvalue weighted by Gasteiger charge is 2.30. The fourth-order valence-corrected chi connectivity index (χ4v) is 4.50. The van der Waals surface area contributed by atoms with E-state index in [1.807, 2.05) is 42.7 Å². The molecule has 1 aliphatic heterocycles. The van der Waals surface area contributed by atoms with E-state index in [0.29, 0.717) is 0 Å². The zero-order chi connectivity index (χ0) is 23.0. The summed E-state index contributed by atoms with van der Waals surface area (Å²) in [5.41, 5.74) is 4.21. The minimum atomic E-state index is -0.142. The van der Waals surface area contributed by atoms with Crippen LogP contribution in [-0.2, 0) is 16.1 Å². The lowest BCUT2D eigenvalue weighted by Crippen LogP contribution is -2.43. The molecule has 1 fully saturated rings. The number of likely N-dealkylation sites (tertiary alicyclic amines) is 1. The second-order valence-electron chi connectivity index (χ2n) is 8.60. The van der Waals surface area contributed by atoms with Gasteiger partial charge in [-0.05, 0) is 49.9 Å². The number of carbonyl (C=O) groups is 1. The van der Waals surface area contributed by atoms with Crippen molar-refractivity contribution in [1.82, 2.24) is 25.2 Å². The largest absolute Gasteiger partial charge is 0.375 e. The van der Waals surface area contributed by atoms with Gasteiger partial charge in [0.2, 0.25) is 5.91 Å². The molecule has 1 amide bonds. The first-order valence-corrected chi connectivity index (χ1v) is 11.4. The van der Waals surface area contributed by atoms with E-state index >= 15 is 0 Å². The lowest BCUT2D eigenvalue weighted by Gasteiger charge is -2.37. The molecule has 3 heterocycles. The molecule has 33 heavy (non-hydrogen) atoms. The average Bonchev–Trinajstić information content (AvgIpc) is 2.84. The van der Waals surface area contributed by atoms with Gasteiger partial charge in [-0.25, -0.2) is 9.97 Å². The van der Waals surface area contributed by atoms with Crippen LogP contribution in [0.4, 0.5) is 0 Å². The summed E-state index contributed by atoms with van der Waals surface area (Å²) in [6.07, 6.45) is 7.73. The third-order valence-electron chi connectivity index (χ3n) is 6.11. The van der Waals surface area contributed by atoms with Crippen molar-refractivity contribution in [2.75, 3.05) is 26.8 Å². The Bertz CT molecular complexity index is 1040. The van der Waals surface area contributed by atoms with Crippen LogP contribution in [0.2, 0.25) is 0 Å². The van der Waals surface area contributed by atoms with Crippen molar-refractivity contribution in [2.24, 2.45) is 5.92 Å². The Kier molecular flexibility index (Phi) is 7.75. The zero-order valence-electron chi connectivity index (χ0n) is 19.3. The normalized spacial score (nSPS) is 17.5. The number of hydrogen-bond donors (Lipinski definition) is 1. The fourth-order valence-electron chi connectivity index (χ4n) is 4.50. The average molecular weight is 446 g/mol. The number of methoxy groups -OCH3 is 1. The molecule has 2 aromatic heterocycles. The van der Waals surface area contributed by atoms with Crippen LogP contribution in [0.3, 0.4) is 0 Å². The van der Waals surface area contributed by atoms with Gasteiger partial charge in [-0.2, -0.15) is 0 Å². The van der Waals surface area contributed by atoms with Crippen LogP contribution in [-0.4, -0.2) is 52.6 Å². The molecule has 3 aromatic rings. The second-order valence-corrected chi connectivity index (χ2v) is 8.60. The molecule has 7 nitrogen and oxygen atoms in total. The molecular formula is C26H31N5O2. The van der Waals surface area contributed by atoms with E-state index in [1.165, 1.54) is 12.7 Å².